The Morgan fingerprint density at radius 3 is 2.38 bits per heavy atom. The van der Waals surface area contributed by atoms with Gasteiger partial charge in [0.05, 0.1) is 12.1 Å². The summed E-state index contributed by atoms with van der Waals surface area (Å²) in [5.41, 5.74) is 3.07. The first-order chi connectivity index (χ1) is 15.2. The summed E-state index contributed by atoms with van der Waals surface area (Å²) in [5.74, 6) is -2.33. The van der Waals surface area contributed by atoms with Crippen LogP contribution in [0.25, 0.3) is 0 Å². The SMILES string of the molecule is C=CCOC(=O)C1=C(C)N(Cc2cc(F)cc(F)c2)C(=O)CC1c1ccc(C(C)C)cc1. The van der Waals surface area contributed by atoms with Crippen LogP contribution in [-0.2, 0) is 20.9 Å². The van der Waals surface area contributed by atoms with E-state index in [1.165, 1.54) is 23.1 Å². The summed E-state index contributed by atoms with van der Waals surface area (Å²) in [7, 11) is 0. The van der Waals surface area contributed by atoms with Crippen molar-refractivity contribution in [2.45, 2.75) is 45.6 Å². The third-order valence-corrected chi connectivity index (χ3v) is 5.64. The first kappa shape index (κ1) is 23.4. The molecule has 1 aliphatic heterocycles. The fourth-order valence-corrected chi connectivity index (χ4v) is 3.96. The number of rotatable bonds is 7. The minimum Gasteiger partial charge on any atom is -0.458 e. The van der Waals surface area contributed by atoms with E-state index in [0.717, 1.165) is 17.2 Å². The maximum atomic E-state index is 13.7. The first-order valence-corrected chi connectivity index (χ1v) is 10.5. The molecule has 1 amide bonds. The number of halogens is 2. The molecule has 1 unspecified atom stereocenters. The van der Waals surface area contributed by atoms with E-state index in [-0.39, 0.29) is 25.5 Å². The molecule has 0 fully saturated rings. The van der Waals surface area contributed by atoms with Gasteiger partial charge in [-0.2, -0.15) is 0 Å². The normalized spacial score (nSPS) is 16.5. The van der Waals surface area contributed by atoms with E-state index in [1.54, 1.807) is 6.92 Å². The Morgan fingerprint density at radius 2 is 1.81 bits per heavy atom. The third kappa shape index (κ3) is 5.13. The number of allylic oxidation sites excluding steroid dienone is 1. The molecule has 0 spiro atoms. The summed E-state index contributed by atoms with van der Waals surface area (Å²) in [6, 6.07) is 11.0. The molecule has 2 aromatic rings. The highest BCUT2D eigenvalue weighted by molar-refractivity contribution is 5.95. The Bertz CT molecular complexity index is 1040. The van der Waals surface area contributed by atoms with Crippen molar-refractivity contribution in [1.82, 2.24) is 4.90 Å². The van der Waals surface area contributed by atoms with Gasteiger partial charge in [-0.15, -0.1) is 0 Å². The van der Waals surface area contributed by atoms with E-state index in [9.17, 15) is 18.4 Å². The van der Waals surface area contributed by atoms with Crippen LogP contribution in [-0.4, -0.2) is 23.4 Å². The molecule has 0 bridgehead atoms. The fourth-order valence-electron chi connectivity index (χ4n) is 3.96. The average molecular weight is 440 g/mol. The smallest absolute Gasteiger partial charge is 0.336 e. The molecule has 0 radical (unpaired) electrons. The van der Waals surface area contributed by atoms with Crippen LogP contribution in [0.4, 0.5) is 8.78 Å². The topological polar surface area (TPSA) is 46.6 Å². The second kappa shape index (κ2) is 9.90. The fraction of sp³-hybridized carbons (Fsp3) is 0.308. The zero-order valence-electron chi connectivity index (χ0n) is 18.5. The molecule has 4 nitrogen and oxygen atoms in total. The zero-order valence-corrected chi connectivity index (χ0v) is 18.5. The second-order valence-corrected chi connectivity index (χ2v) is 8.22. The standard InChI is InChI=1S/C26H27F2NO3/c1-5-10-32-26(31)25-17(4)29(15-18-11-21(27)13-22(28)12-18)24(30)14-23(25)20-8-6-19(7-9-20)16(2)3/h5-9,11-13,16,23H,1,10,14-15H2,2-4H3. The van der Waals surface area contributed by atoms with Crippen molar-refractivity contribution in [2.75, 3.05) is 6.61 Å². The van der Waals surface area contributed by atoms with Gasteiger partial charge in [-0.25, -0.2) is 13.6 Å². The average Bonchev–Trinajstić information content (AvgIpc) is 2.74. The molecule has 1 aliphatic rings. The number of carbonyl (C=O) groups is 2. The largest absolute Gasteiger partial charge is 0.458 e. The van der Waals surface area contributed by atoms with Gasteiger partial charge < -0.3 is 9.64 Å². The Hall–Kier alpha value is -3.28. The monoisotopic (exact) mass is 439 g/mol. The van der Waals surface area contributed by atoms with E-state index in [1.807, 2.05) is 24.3 Å². The van der Waals surface area contributed by atoms with Crippen molar-refractivity contribution in [1.29, 1.82) is 0 Å². The number of nitrogens with zero attached hydrogens (tertiary/aromatic N) is 1. The van der Waals surface area contributed by atoms with Crippen LogP contribution < -0.4 is 0 Å². The van der Waals surface area contributed by atoms with Gasteiger partial charge >= 0.3 is 5.97 Å². The van der Waals surface area contributed by atoms with E-state index in [0.29, 0.717) is 22.8 Å². The lowest BCUT2D eigenvalue weighted by atomic mass is 9.83. The maximum Gasteiger partial charge on any atom is 0.336 e. The van der Waals surface area contributed by atoms with Gasteiger partial charge in [-0.1, -0.05) is 50.8 Å². The summed E-state index contributed by atoms with van der Waals surface area (Å²) in [6.07, 6.45) is 1.52. The number of benzene rings is 2. The summed E-state index contributed by atoms with van der Waals surface area (Å²) in [4.78, 5) is 27.4. The van der Waals surface area contributed by atoms with Crippen LogP contribution in [0.3, 0.4) is 0 Å². The summed E-state index contributed by atoms with van der Waals surface area (Å²) in [5, 5.41) is 0. The zero-order chi connectivity index (χ0) is 23.4. The molecular formula is C26H27F2NO3. The Morgan fingerprint density at radius 1 is 1.19 bits per heavy atom. The van der Waals surface area contributed by atoms with Crippen molar-refractivity contribution in [3.8, 4) is 0 Å². The number of hydrogen-bond donors (Lipinski definition) is 0. The van der Waals surface area contributed by atoms with Crippen molar-refractivity contribution >= 4 is 11.9 Å². The molecule has 0 aliphatic carbocycles. The van der Waals surface area contributed by atoms with Crippen molar-refractivity contribution in [3.05, 3.63) is 94.7 Å². The van der Waals surface area contributed by atoms with Crippen molar-refractivity contribution in [2.24, 2.45) is 0 Å². The lowest BCUT2D eigenvalue weighted by Crippen LogP contribution is -2.38. The van der Waals surface area contributed by atoms with E-state index >= 15 is 0 Å². The predicted octanol–water partition coefficient (Wildman–Crippen LogP) is 5.61. The molecule has 1 heterocycles. The number of esters is 1. The molecule has 6 heteroatoms. The molecule has 3 rings (SSSR count). The van der Waals surface area contributed by atoms with E-state index in [4.69, 9.17) is 4.74 Å². The molecular weight excluding hydrogens is 412 g/mol. The second-order valence-electron chi connectivity index (χ2n) is 8.22. The molecule has 2 aromatic carbocycles. The first-order valence-electron chi connectivity index (χ1n) is 10.5. The minimum absolute atomic E-state index is 0.0394. The third-order valence-electron chi connectivity index (χ3n) is 5.64. The van der Waals surface area contributed by atoms with Crippen LogP contribution >= 0.6 is 0 Å². The lowest BCUT2D eigenvalue weighted by Gasteiger charge is -2.34. The maximum absolute atomic E-state index is 13.7. The van der Waals surface area contributed by atoms with Gasteiger partial charge in [0.15, 0.2) is 0 Å². The van der Waals surface area contributed by atoms with Crippen LogP contribution in [0.1, 0.15) is 55.7 Å². The quantitative estimate of drug-likeness (QED) is 0.416. The molecule has 32 heavy (non-hydrogen) atoms. The highest BCUT2D eigenvalue weighted by Crippen LogP contribution is 2.38. The van der Waals surface area contributed by atoms with Crippen LogP contribution in [0.15, 0.2) is 66.4 Å². The number of ether oxygens (including phenoxy) is 1. The van der Waals surface area contributed by atoms with Crippen molar-refractivity contribution in [3.63, 3.8) is 0 Å². The molecule has 0 saturated carbocycles. The predicted molar refractivity (Wildman–Crippen MR) is 119 cm³/mol. The number of amides is 1. The lowest BCUT2D eigenvalue weighted by molar-refractivity contribution is -0.139. The Kier molecular flexibility index (Phi) is 7.23. The van der Waals surface area contributed by atoms with E-state index in [2.05, 4.69) is 20.4 Å². The van der Waals surface area contributed by atoms with Crippen LogP contribution in [0, 0.1) is 11.6 Å². The minimum atomic E-state index is -0.722. The Balaban J connectivity index is 2.02. The molecule has 0 saturated heterocycles. The molecule has 1 atom stereocenters. The van der Waals surface area contributed by atoms with Gasteiger partial charge in [0, 0.05) is 24.1 Å². The van der Waals surface area contributed by atoms with Gasteiger partial charge in [0.2, 0.25) is 5.91 Å². The molecule has 0 aromatic heterocycles. The summed E-state index contributed by atoms with van der Waals surface area (Å²) in [6.45, 7) is 9.41. The number of carbonyl (C=O) groups excluding carboxylic acids is 2. The van der Waals surface area contributed by atoms with Gasteiger partial charge in [0.25, 0.3) is 0 Å². The number of hydrogen-bond acceptors (Lipinski definition) is 3. The van der Waals surface area contributed by atoms with E-state index < -0.39 is 23.5 Å². The summed E-state index contributed by atoms with van der Waals surface area (Å²) >= 11 is 0. The van der Waals surface area contributed by atoms with Gasteiger partial charge in [-0.3, -0.25) is 4.79 Å². The van der Waals surface area contributed by atoms with Gasteiger partial charge in [-0.05, 0) is 41.7 Å². The molecule has 0 N–H and O–H groups in total. The van der Waals surface area contributed by atoms with Crippen LogP contribution in [0.2, 0.25) is 0 Å². The molecule has 168 valence electrons. The van der Waals surface area contributed by atoms with Crippen molar-refractivity contribution < 1.29 is 23.1 Å². The Labute approximate surface area is 187 Å². The summed E-state index contributed by atoms with van der Waals surface area (Å²) < 4.78 is 32.6. The highest BCUT2D eigenvalue weighted by atomic mass is 19.1. The van der Waals surface area contributed by atoms with Gasteiger partial charge in [0.1, 0.15) is 18.2 Å². The highest BCUT2D eigenvalue weighted by Gasteiger charge is 2.37. The van der Waals surface area contributed by atoms with Crippen LogP contribution in [0.5, 0.6) is 0 Å².